The first-order valence-electron chi connectivity index (χ1n) is 4.52. The quantitative estimate of drug-likeness (QED) is 0.802. The summed E-state index contributed by atoms with van der Waals surface area (Å²) in [5.74, 6) is -1.39. The van der Waals surface area contributed by atoms with E-state index in [4.69, 9.17) is 39.9 Å². The summed E-state index contributed by atoms with van der Waals surface area (Å²) in [7, 11) is 0. The lowest BCUT2D eigenvalue weighted by Gasteiger charge is -2.22. The first-order chi connectivity index (χ1) is 7.91. The standard InChI is InChI=1S/C10H5Cl3O3S/c11-3-1-4(12)9-7(8(3)13)5(14)2-6(17-9)10(15)16/h1,6H,2H2,(H,15,16). The largest absolute Gasteiger partial charge is 0.480 e. The molecule has 0 aromatic heterocycles. The van der Waals surface area contributed by atoms with E-state index < -0.39 is 11.2 Å². The zero-order valence-corrected chi connectivity index (χ0v) is 11.3. The minimum Gasteiger partial charge on any atom is -0.480 e. The fourth-order valence-corrected chi connectivity index (χ4v) is 3.57. The highest BCUT2D eigenvalue weighted by atomic mass is 35.5. The Morgan fingerprint density at radius 1 is 1.35 bits per heavy atom. The average molecular weight is 312 g/mol. The van der Waals surface area contributed by atoms with Gasteiger partial charge in [0.2, 0.25) is 0 Å². The molecule has 1 atom stereocenters. The Kier molecular flexibility index (Phi) is 3.59. The molecule has 0 saturated carbocycles. The van der Waals surface area contributed by atoms with Gasteiger partial charge in [-0.3, -0.25) is 9.59 Å². The average Bonchev–Trinajstić information content (AvgIpc) is 2.25. The van der Waals surface area contributed by atoms with Gasteiger partial charge in [-0.25, -0.2) is 0 Å². The van der Waals surface area contributed by atoms with Crippen molar-refractivity contribution in [1.29, 1.82) is 0 Å². The predicted molar refractivity (Wildman–Crippen MR) is 67.7 cm³/mol. The molecular weight excluding hydrogens is 307 g/mol. The van der Waals surface area contributed by atoms with Crippen molar-refractivity contribution in [3.05, 3.63) is 26.7 Å². The first kappa shape index (κ1) is 13.0. The third-order valence-electron chi connectivity index (χ3n) is 2.31. The number of ketones is 1. The number of fused-ring (bicyclic) bond motifs is 1. The van der Waals surface area contributed by atoms with E-state index in [1.54, 1.807) is 0 Å². The lowest BCUT2D eigenvalue weighted by Crippen LogP contribution is -2.25. The van der Waals surface area contributed by atoms with Gasteiger partial charge in [0.05, 0.1) is 20.6 Å². The van der Waals surface area contributed by atoms with Crippen LogP contribution in [0.5, 0.6) is 0 Å². The van der Waals surface area contributed by atoms with Gasteiger partial charge in [0.15, 0.2) is 5.78 Å². The molecule has 1 N–H and O–H groups in total. The molecule has 1 aliphatic heterocycles. The number of thioether (sulfide) groups is 1. The van der Waals surface area contributed by atoms with E-state index in [1.165, 1.54) is 6.07 Å². The summed E-state index contributed by atoms with van der Waals surface area (Å²) in [5, 5.41) is 8.67. The molecule has 1 aliphatic rings. The van der Waals surface area contributed by atoms with Gasteiger partial charge in [0.1, 0.15) is 5.25 Å². The second-order valence-electron chi connectivity index (χ2n) is 3.43. The molecule has 2 rings (SSSR count). The fourth-order valence-electron chi connectivity index (χ4n) is 1.54. The van der Waals surface area contributed by atoms with Gasteiger partial charge in [-0.05, 0) is 6.07 Å². The summed E-state index contributed by atoms with van der Waals surface area (Å²) in [4.78, 5) is 23.1. The van der Waals surface area contributed by atoms with Crippen LogP contribution in [-0.2, 0) is 4.79 Å². The topological polar surface area (TPSA) is 54.4 Å². The van der Waals surface area contributed by atoms with E-state index in [0.29, 0.717) is 4.90 Å². The van der Waals surface area contributed by atoms with Crippen molar-refractivity contribution in [2.75, 3.05) is 0 Å². The molecule has 0 bridgehead atoms. The molecule has 1 aromatic rings. The number of halogens is 3. The molecule has 0 radical (unpaired) electrons. The SMILES string of the molecule is O=C1CC(C(=O)O)Sc2c(Cl)cc(Cl)c(Cl)c21. The Hall–Kier alpha value is -0.420. The van der Waals surface area contributed by atoms with E-state index in [9.17, 15) is 9.59 Å². The molecule has 1 heterocycles. The van der Waals surface area contributed by atoms with Gasteiger partial charge in [-0.2, -0.15) is 0 Å². The number of Topliss-reactive ketones (excluding diaryl/α,β-unsaturated/α-hetero) is 1. The normalized spacial score (nSPS) is 19.0. The molecule has 1 unspecified atom stereocenters. The van der Waals surface area contributed by atoms with Crippen molar-refractivity contribution in [3.63, 3.8) is 0 Å². The number of benzene rings is 1. The Morgan fingerprint density at radius 3 is 2.59 bits per heavy atom. The molecule has 0 saturated heterocycles. The van der Waals surface area contributed by atoms with E-state index in [0.717, 1.165) is 11.8 Å². The summed E-state index contributed by atoms with van der Waals surface area (Å²) >= 11 is 18.7. The molecule has 0 fully saturated rings. The van der Waals surface area contributed by atoms with Crippen LogP contribution in [-0.4, -0.2) is 22.1 Å². The second-order valence-corrected chi connectivity index (χ2v) is 5.84. The van der Waals surface area contributed by atoms with Crippen LogP contribution in [0.3, 0.4) is 0 Å². The van der Waals surface area contributed by atoms with Crippen molar-refractivity contribution in [2.24, 2.45) is 0 Å². The van der Waals surface area contributed by atoms with Crippen LogP contribution >= 0.6 is 46.6 Å². The van der Waals surface area contributed by atoms with Crippen LogP contribution in [0.15, 0.2) is 11.0 Å². The number of carboxylic acid groups (broad SMARTS) is 1. The minimum atomic E-state index is -1.05. The van der Waals surface area contributed by atoms with Gasteiger partial charge in [0.25, 0.3) is 0 Å². The van der Waals surface area contributed by atoms with E-state index in [2.05, 4.69) is 0 Å². The Bertz CT molecular complexity index is 530. The fraction of sp³-hybridized carbons (Fsp3) is 0.200. The first-order valence-corrected chi connectivity index (χ1v) is 6.53. The molecule has 7 heteroatoms. The molecule has 0 aliphatic carbocycles. The van der Waals surface area contributed by atoms with Crippen molar-refractivity contribution >= 4 is 58.3 Å². The van der Waals surface area contributed by atoms with Crippen LogP contribution in [0.4, 0.5) is 0 Å². The van der Waals surface area contributed by atoms with E-state index in [-0.39, 0.29) is 32.8 Å². The molecule has 3 nitrogen and oxygen atoms in total. The van der Waals surface area contributed by atoms with Crippen LogP contribution < -0.4 is 0 Å². The molecule has 0 spiro atoms. The highest BCUT2D eigenvalue weighted by molar-refractivity contribution is 8.01. The zero-order valence-electron chi connectivity index (χ0n) is 8.17. The minimum absolute atomic E-state index is 0.108. The van der Waals surface area contributed by atoms with E-state index in [1.807, 2.05) is 0 Å². The van der Waals surface area contributed by atoms with Crippen molar-refractivity contribution in [3.8, 4) is 0 Å². The summed E-state index contributed by atoms with van der Waals surface area (Å²) < 4.78 is 0. The summed E-state index contributed by atoms with van der Waals surface area (Å²) in [6, 6.07) is 1.41. The third-order valence-corrected chi connectivity index (χ3v) is 4.82. The van der Waals surface area contributed by atoms with Crippen molar-refractivity contribution in [2.45, 2.75) is 16.6 Å². The van der Waals surface area contributed by atoms with E-state index >= 15 is 0 Å². The van der Waals surface area contributed by atoms with Crippen LogP contribution in [0, 0.1) is 0 Å². The number of carbonyl (C=O) groups is 2. The maximum atomic E-state index is 11.8. The number of aliphatic carboxylic acids is 1. The number of hydrogen-bond acceptors (Lipinski definition) is 3. The Labute approximate surface area is 116 Å². The third kappa shape index (κ3) is 2.27. The number of carboxylic acids is 1. The van der Waals surface area contributed by atoms with Crippen LogP contribution in [0.25, 0.3) is 0 Å². The second kappa shape index (κ2) is 4.69. The summed E-state index contributed by atoms with van der Waals surface area (Å²) in [6.45, 7) is 0. The molecular formula is C10H5Cl3O3S. The molecule has 1 aromatic carbocycles. The maximum absolute atomic E-state index is 11.8. The zero-order chi connectivity index (χ0) is 12.7. The number of hydrogen-bond donors (Lipinski definition) is 1. The molecule has 0 amide bonds. The maximum Gasteiger partial charge on any atom is 0.317 e. The van der Waals surface area contributed by atoms with Crippen molar-refractivity contribution in [1.82, 2.24) is 0 Å². The van der Waals surface area contributed by atoms with Gasteiger partial charge in [-0.15, -0.1) is 11.8 Å². The summed E-state index contributed by atoms with van der Waals surface area (Å²) in [5.41, 5.74) is 0.228. The van der Waals surface area contributed by atoms with Crippen molar-refractivity contribution < 1.29 is 14.7 Å². The highest BCUT2D eigenvalue weighted by Crippen LogP contribution is 2.45. The number of rotatable bonds is 1. The predicted octanol–water partition coefficient (Wildman–Crippen LogP) is 3.78. The van der Waals surface area contributed by atoms with Gasteiger partial charge in [0, 0.05) is 11.3 Å². The monoisotopic (exact) mass is 310 g/mol. The number of carbonyl (C=O) groups excluding carboxylic acids is 1. The smallest absolute Gasteiger partial charge is 0.317 e. The molecule has 17 heavy (non-hydrogen) atoms. The molecule has 90 valence electrons. The lowest BCUT2D eigenvalue weighted by molar-refractivity contribution is -0.136. The lowest BCUT2D eigenvalue weighted by atomic mass is 10.1. The van der Waals surface area contributed by atoms with Gasteiger partial charge >= 0.3 is 5.97 Å². The highest BCUT2D eigenvalue weighted by Gasteiger charge is 2.34. The Morgan fingerprint density at radius 2 is 2.00 bits per heavy atom. The van der Waals surface area contributed by atoms with Crippen LogP contribution in [0.2, 0.25) is 15.1 Å². The van der Waals surface area contributed by atoms with Crippen LogP contribution in [0.1, 0.15) is 16.8 Å². The summed E-state index contributed by atoms with van der Waals surface area (Å²) in [6.07, 6.45) is -0.108. The van der Waals surface area contributed by atoms with Gasteiger partial charge < -0.3 is 5.11 Å². The van der Waals surface area contributed by atoms with Gasteiger partial charge in [-0.1, -0.05) is 34.8 Å². The Balaban J connectivity index is 2.60.